The number of carbonyl (C=O) groups excluding carboxylic acids is 4. The number of benzene rings is 1. The molecule has 1 aromatic heterocycles. The number of nitrogens with two attached hydrogens (primary N) is 1. The molecule has 0 saturated carbocycles. The van der Waals surface area contributed by atoms with Crippen molar-refractivity contribution in [2.24, 2.45) is 5.73 Å². The van der Waals surface area contributed by atoms with Gasteiger partial charge in [0.25, 0.3) is 5.91 Å². The van der Waals surface area contributed by atoms with Crippen LogP contribution >= 0.6 is 0 Å². The van der Waals surface area contributed by atoms with Crippen molar-refractivity contribution in [1.29, 1.82) is 0 Å². The number of aromatic nitrogens is 2. The monoisotopic (exact) mass is 502 g/mol. The fourth-order valence-corrected chi connectivity index (χ4v) is 3.35. The topological polar surface area (TPSA) is 229 Å². The summed E-state index contributed by atoms with van der Waals surface area (Å²) in [6, 6.07) is 2.62. The largest absolute Gasteiger partial charge is 0.508 e. The molecule has 2 heterocycles. The second-order valence-corrected chi connectivity index (χ2v) is 8.22. The molecule has 1 fully saturated rings. The maximum Gasteiger partial charge on any atom is 0.336 e. The van der Waals surface area contributed by atoms with E-state index in [9.17, 15) is 29.1 Å². The first-order valence-electron chi connectivity index (χ1n) is 10.9. The predicted octanol–water partition coefficient (Wildman–Crippen LogP) is -2.29. The Kier molecular flexibility index (Phi) is 8.22. The number of phenolic OH excluding ortho intramolecular Hbond substituents is 1. The van der Waals surface area contributed by atoms with Crippen LogP contribution in [0.1, 0.15) is 18.2 Å². The highest BCUT2D eigenvalue weighted by atomic mass is 16.6. The van der Waals surface area contributed by atoms with Gasteiger partial charge >= 0.3 is 5.97 Å². The van der Waals surface area contributed by atoms with Crippen LogP contribution < -0.4 is 21.7 Å². The predicted molar refractivity (Wildman–Crippen MR) is 121 cm³/mol. The number of primary amides is 1. The second-order valence-electron chi connectivity index (χ2n) is 8.22. The number of epoxide rings is 1. The molecule has 0 spiro atoms. The Hall–Kier alpha value is -4.46. The Morgan fingerprint density at radius 1 is 1.03 bits per heavy atom. The van der Waals surface area contributed by atoms with E-state index in [0.717, 1.165) is 0 Å². The van der Waals surface area contributed by atoms with Gasteiger partial charge in [-0.25, -0.2) is 9.78 Å². The summed E-state index contributed by atoms with van der Waals surface area (Å²) in [6.07, 6.45) is 0.344. The van der Waals surface area contributed by atoms with Gasteiger partial charge in [-0.1, -0.05) is 12.1 Å². The maximum atomic E-state index is 12.9. The molecule has 14 heteroatoms. The number of aliphatic carboxylic acids is 1. The Labute approximate surface area is 204 Å². The summed E-state index contributed by atoms with van der Waals surface area (Å²) < 4.78 is 4.81. The van der Waals surface area contributed by atoms with Gasteiger partial charge in [-0.05, 0) is 24.6 Å². The minimum Gasteiger partial charge on any atom is -0.508 e. The van der Waals surface area contributed by atoms with Crippen molar-refractivity contribution >= 4 is 29.6 Å². The Bertz CT molecular complexity index is 1120. The Morgan fingerprint density at radius 2 is 1.72 bits per heavy atom. The van der Waals surface area contributed by atoms with Crippen LogP contribution in [0.15, 0.2) is 36.8 Å². The number of hydrogen-bond acceptors (Lipinski definition) is 8. The number of carboxylic acids is 1. The van der Waals surface area contributed by atoms with E-state index in [1.807, 2.05) is 0 Å². The molecule has 3 rings (SSSR count). The van der Waals surface area contributed by atoms with Gasteiger partial charge in [0.05, 0.1) is 6.33 Å². The molecule has 192 valence electrons. The van der Waals surface area contributed by atoms with Crippen molar-refractivity contribution in [3.8, 4) is 5.75 Å². The minimum atomic E-state index is -1.30. The molecule has 4 amide bonds. The lowest BCUT2D eigenvalue weighted by Crippen LogP contribution is -2.56. The number of carbonyl (C=O) groups is 5. The van der Waals surface area contributed by atoms with Crippen molar-refractivity contribution in [2.45, 2.75) is 50.1 Å². The van der Waals surface area contributed by atoms with Gasteiger partial charge in [0.15, 0.2) is 12.2 Å². The summed E-state index contributed by atoms with van der Waals surface area (Å²) >= 11 is 0. The highest BCUT2D eigenvalue weighted by Gasteiger charge is 2.51. The van der Waals surface area contributed by atoms with Gasteiger partial charge < -0.3 is 41.6 Å². The SMILES string of the molecule is C[C@H](NC(=O)[C@H](Cc1cnc[nH]1)NC(=O)[C@H]1O[C@@H]1C(=O)O)C(=O)N[C@@H](Cc1ccc(O)cc1)C(N)=O. The third kappa shape index (κ3) is 7.02. The fourth-order valence-electron chi connectivity index (χ4n) is 3.35. The third-order valence-electron chi connectivity index (χ3n) is 5.39. The molecule has 1 saturated heterocycles. The van der Waals surface area contributed by atoms with E-state index in [1.165, 1.54) is 31.6 Å². The van der Waals surface area contributed by atoms with E-state index >= 15 is 0 Å². The van der Waals surface area contributed by atoms with E-state index in [2.05, 4.69) is 25.9 Å². The summed E-state index contributed by atoms with van der Waals surface area (Å²) in [4.78, 5) is 67.4. The van der Waals surface area contributed by atoms with Gasteiger partial charge in [-0.15, -0.1) is 0 Å². The quantitative estimate of drug-likeness (QED) is 0.155. The number of ether oxygens (including phenoxy) is 1. The maximum absolute atomic E-state index is 12.9. The molecule has 1 aliphatic rings. The van der Waals surface area contributed by atoms with Gasteiger partial charge in [-0.3, -0.25) is 19.2 Å². The fraction of sp³-hybridized carbons (Fsp3) is 0.364. The molecule has 0 unspecified atom stereocenters. The van der Waals surface area contributed by atoms with Crippen LogP contribution in [0.4, 0.5) is 0 Å². The number of nitrogens with zero attached hydrogens (tertiary/aromatic N) is 1. The number of hydrogen-bond donors (Lipinski definition) is 7. The van der Waals surface area contributed by atoms with Crippen LogP contribution in [0.25, 0.3) is 0 Å². The first kappa shape index (κ1) is 26.2. The van der Waals surface area contributed by atoms with Crippen LogP contribution in [0.5, 0.6) is 5.75 Å². The number of aromatic amines is 1. The van der Waals surface area contributed by atoms with Gasteiger partial charge in [0.2, 0.25) is 17.7 Å². The first-order valence-corrected chi connectivity index (χ1v) is 10.9. The molecule has 2 aromatic rings. The van der Waals surface area contributed by atoms with E-state index in [1.54, 1.807) is 12.1 Å². The summed E-state index contributed by atoms with van der Waals surface area (Å²) in [5.41, 5.74) is 6.55. The number of amides is 4. The van der Waals surface area contributed by atoms with Crippen molar-refractivity contribution in [2.75, 3.05) is 0 Å². The summed E-state index contributed by atoms with van der Waals surface area (Å²) in [5.74, 6) is -4.28. The summed E-state index contributed by atoms with van der Waals surface area (Å²) in [5, 5.41) is 25.7. The molecule has 36 heavy (non-hydrogen) atoms. The highest BCUT2D eigenvalue weighted by Crippen LogP contribution is 2.22. The van der Waals surface area contributed by atoms with Crippen LogP contribution in [0, 0.1) is 0 Å². The van der Waals surface area contributed by atoms with Crippen molar-refractivity contribution in [3.05, 3.63) is 48.0 Å². The van der Waals surface area contributed by atoms with Crippen molar-refractivity contribution in [3.63, 3.8) is 0 Å². The molecule has 8 N–H and O–H groups in total. The standard InChI is InChI=1S/C22H26N6O8/c1-10(19(31)27-14(18(23)30)6-11-2-4-13(29)5-3-11)26-20(32)15(7-12-8-24-9-25-12)28-21(33)16-17(36-16)22(34)35/h2-5,8-10,14-17,29H,6-7H2,1H3,(H2,23,30)(H,24,25)(H,26,32)(H,27,31)(H,28,33)(H,34,35)/t10-,14-,15-,16-,17-/m0/s1. The zero-order valence-corrected chi connectivity index (χ0v) is 19.1. The number of imidazole rings is 1. The van der Waals surface area contributed by atoms with E-state index in [0.29, 0.717) is 11.3 Å². The second kappa shape index (κ2) is 11.3. The third-order valence-corrected chi connectivity index (χ3v) is 5.39. The number of nitrogens with one attached hydrogen (secondary N) is 4. The van der Waals surface area contributed by atoms with E-state index < -0.39 is 59.9 Å². The van der Waals surface area contributed by atoms with Crippen LogP contribution in [0.3, 0.4) is 0 Å². The van der Waals surface area contributed by atoms with Crippen molar-refractivity contribution < 1.29 is 38.9 Å². The molecule has 5 atom stereocenters. The average Bonchev–Trinajstić information content (AvgIpc) is 3.48. The molecule has 0 aliphatic carbocycles. The zero-order chi connectivity index (χ0) is 26.4. The van der Waals surface area contributed by atoms with Crippen LogP contribution in [-0.2, 0) is 41.6 Å². The lowest BCUT2D eigenvalue weighted by molar-refractivity contribution is -0.138. The molecule has 0 bridgehead atoms. The van der Waals surface area contributed by atoms with E-state index in [4.69, 9.17) is 15.6 Å². The minimum absolute atomic E-state index is 0.0267. The van der Waals surface area contributed by atoms with Crippen LogP contribution in [0.2, 0.25) is 0 Å². The normalized spacial score (nSPS) is 18.8. The zero-order valence-electron chi connectivity index (χ0n) is 19.1. The number of aromatic hydroxyl groups is 1. The average molecular weight is 502 g/mol. The molecular formula is C22H26N6O8. The Balaban J connectivity index is 1.61. The van der Waals surface area contributed by atoms with Crippen LogP contribution in [-0.4, -0.2) is 80.1 Å². The van der Waals surface area contributed by atoms with Gasteiger partial charge in [0.1, 0.15) is 23.9 Å². The lowest BCUT2D eigenvalue weighted by Gasteiger charge is -2.22. The molecule has 1 aromatic carbocycles. The highest BCUT2D eigenvalue weighted by molar-refractivity contribution is 5.96. The molecular weight excluding hydrogens is 476 g/mol. The molecule has 0 radical (unpaired) electrons. The lowest BCUT2D eigenvalue weighted by atomic mass is 10.0. The summed E-state index contributed by atoms with van der Waals surface area (Å²) in [6.45, 7) is 1.38. The smallest absolute Gasteiger partial charge is 0.336 e. The number of carboxylic acid groups (broad SMARTS) is 1. The number of phenols is 1. The molecule has 14 nitrogen and oxygen atoms in total. The molecule has 1 aliphatic heterocycles. The summed E-state index contributed by atoms with van der Waals surface area (Å²) in [7, 11) is 0. The number of rotatable bonds is 12. The van der Waals surface area contributed by atoms with Crippen molar-refractivity contribution in [1.82, 2.24) is 25.9 Å². The Morgan fingerprint density at radius 3 is 2.28 bits per heavy atom. The van der Waals surface area contributed by atoms with E-state index in [-0.39, 0.29) is 18.6 Å². The van der Waals surface area contributed by atoms with Gasteiger partial charge in [-0.2, -0.15) is 0 Å². The number of H-pyrrole nitrogens is 1. The first-order chi connectivity index (χ1) is 17.0. The van der Waals surface area contributed by atoms with Gasteiger partial charge in [0, 0.05) is 24.7 Å².